The Hall–Kier alpha value is -1.26. The Morgan fingerprint density at radius 1 is 1.31 bits per heavy atom. The van der Waals surface area contributed by atoms with Crippen LogP contribution in [0.4, 0.5) is 0 Å². The van der Waals surface area contributed by atoms with Crippen LogP contribution in [0.15, 0.2) is 18.2 Å². The lowest BCUT2D eigenvalue weighted by molar-refractivity contribution is 0.207. The molecule has 0 heterocycles. The van der Waals surface area contributed by atoms with E-state index in [0.29, 0.717) is 6.42 Å². The van der Waals surface area contributed by atoms with Gasteiger partial charge in [0, 0.05) is 5.54 Å². The molecule has 0 aliphatic heterocycles. The van der Waals surface area contributed by atoms with Crippen LogP contribution in [0.2, 0.25) is 0 Å². The number of hydrogen-bond acceptors (Lipinski definition) is 4. The lowest BCUT2D eigenvalue weighted by atomic mass is 9.94. The van der Waals surface area contributed by atoms with E-state index in [1.165, 1.54) is 0 Å². The molecular formula is C12H19NO3. The quantitative estimate of drug-likeness (QED) is 0.783. The Labute approximate surface area is 96.0 Å². The van der Waals surface area contributed by atoms with Gasteiger partial charge in [-0.05, 0) is 37.1 Å². The molecule has 0 aliphatic carbocycles. The van der Waals surface area contributed by atoms with Gasteiger partial charge in [-0.3, -0.25) is 0 Å². The maximum Gasteiger partial charge on any atom is 0.122 e. The van der Waals surface area contributed by atoms with Crippen molar-refractivity contribution in [2.45, 2.75) is 18.9 Å². The summed E-state index contributed by atoms with van der Waals surface area (Å²) in [7, 11) is 3.22. The first-order valence-electron chi connectivity index (χ1n) is 5.13. The van der Waals surface area contributed by atoms with Gasteiger partial charge in [0.25, 0.3) is 0 Å². The molecule has 1 aromatic rings. The van der Waals surface area contributed by atoms with E-state index in [9.17, 15) is 0 Å². The zero-order valence-corrected chi connectivity index (χ0v) is 9.99. The molecule has 0 saturated carbocycles. The highest BCUT2D eigenvalue weighted by Gasteiger charge is 2.20. The number of aliphatic hydroxyl groups excluding tert-OH is 1. The predicted molar refractivity (Wildman–Crippen MR) is 62.9 cm³/mol. The molecule has 4 heteroatoms. The minimum atomic E-state index is -0.653. The third-order valence-electron chi connectivity index (χ3n) is 2.44. The Balaban J connectivity index is 3.00. The molecular weight excluding hydrogens is 206 g/mol. The average Bonchev–Trinajstić information content (AvgIpc) is 2.28. The van der Waals surface area contributed by atoms with Crippen LogP contribution in [-0.2, 0) is 6.42 Å². The Morgan fingerprint density at radius 3 is 2.50 bits per heavy atom. The van der Waals surface area contributed by atoms with Crippen LogP contribution in [0.1, 0.15) is 12.5 Å². The second-order valence-electron chi connectivity index (χ2n) is 4.17. The third-order valence-corrected chi connectivity index (χ3v) is 2.44. The maximum atomic E-state index is 9.15. The van der Waals surface area contributed by atoms with E-state index in [1.807, 2.05) is 18.2 Å². The summed E-state index contributed by atoms with van der Waals surface area (Å²) in [4.78, 5) is 0. The SMILES string of the molecule is COc1ccc(OC)c(CC(C)(N)CO)c1. The highest BCUT2D eigenvalue weighted by molar-refractivity contribution is 5.41. The Morgan fingerprint density at radius 2 is 2.00 bits per heavy atom. The fraction of sp³-hybridized carbons (Fsp3) is 0.500. The average molecular weight is 225 g/mol. The summed E-state index contributed by atoms with van der Waals surface area (Å²) in [6.45, 7) is 1.72. The highest BCUT2D eigenvalue weighted by Crippen LogP contribution is 2.26. The lowest BCUT2D eigenvalue weighted by Crippen LogP contribution is -2.42. The van der Waals surface area contributed by atoms with Crippen LogP contribution in [0.25, 0.3) is 0 Å². The van der Waals surface area contributed by atoms with Crippen LogP contribution < -0.4 is 15.2 Å². The van der Waals surface area contributed by atoms with Gasteiger partial charge in [-0.25, -0.2) is 0 Å². The lowest BCUT2D eigenvalue weighted by Gasteiger charge is -2.23. The van der Waals surface area contributed by atoms with Crippen LogP contribution in [0, 0.1) is 0 Å². The van der Waals surface area contributed by atoms with Gasteiger partial charge in [-0.15, -0.1) is 0 Å². The first-order valence-corrected chi connectivity index (χ1v) is 5.13. The smallest absolute Gasteiger partial charge is 0.122 e. The summed E-state index contributed by atoms with van der Waals surface area (Å²) >= 11 is 0. The fourth-order valence-electron chi connectivity index (χ4n) is 1.51. The van der Waals surface area contributed by atoms with Gasteiger partial charge in [0.05, 0.1) is 20.8 Å². The fourth-order valence-corrected chi connectivity index (χ4v) is 1.51. The Bertz CT molecular complexity index is 350. The molecule has 0 amide bonds. The summed E-state index contributed by atoms with van der Waals surface area (Å²) in [5.74, 6) is 1.51. The van der Waals surface area contributed by atoms with E-state index >= 15 is 0 Å². The van der Waals surface area contributed by atoms with Gasteiger partial charge < -0.3 is 20.3 Å². The van der Waals surface area contributed by atoms with Gasteiger partial charge >= 0.3 is 0 Å². The van der Waals surface area contributed by atoms with Crippen molar-refractivity contribution in [3.8, 4) is 11.5 Å². The normalized spacial score (nSPS) is 14.3. The first kappa shape index (κ1) is 12.8. The monoisotopic (exact) mass is 225 g/mol. The van der Waals surface area contributed by atoms with E-state index < -0.39 is 5.54 Å². The number of aliphatic hydroxyl groups is 1. The molecule has 0 saturated heterocycles. The van der Waals surface area contributed by atoms with E-state index in [1.54, 1.807) is 21.1 Å². The standard InChI is InChI=1S/C12H19NO3/c1-12(13,8-14)7-9-6-10(15-2)4-5-11(9)16-3/h4-6,14H,7-8,13H2,1-3H3. The molecule has 0 bridgehead atoms. The van der Waals surface area contributed by atoms with E-state index in [-0.39, 0.29) is 6.61 Å². The van der Waals surface area contributed by atoms with Crippen molar-refractivity contribution in [3.63, 3.8) is 0 Å². The van der Waals surface area contributed by atoms with Crippen molar-refractivity contribution in [1.82, 2.24) is 0 Å². The summed E-state index contributed by atoms with van der Waals surface area (Å²) in [6, 6.07) is 5.54. The van der Waals surface area contributed by atoms with Crippen LogP contribution in [0.3, 0.4) is 0 Å². The predicted octanol–water partition coefficient (Wildman–Crippen LogP) is 0.956. The van der Waals surface area contributed by atoms with Gasteiger partial charge in [-0.1, -0.05) is 0 Å². The van der Waals surface area contributed by atoms with Crippen LogP contribution in [-0.4, -0.2) is 31.5 Å². The van der Waals surface area contributed by atoms with Crippen molar-refractivity contribution in [2.75, 3.05) is 20.8 Å². The minimum absolute atomic E-state index is 0.0760. The number of nitrogens with two attached hydrogens (primary N) is 1. The number of hydrogen-bond donors (Lipinski definition) is 2. The third kappa shape index (κ3) is 3.12. The molecule has 16 heavy (non-hydrogen) atoms. The molecule has 1 rings (SSSR count). The van der Waals surface area contributed by atoms with Crippen molar-refractivity contribution in [1.29, 1.82) is 0 Å². The first-order chi connectivity index (χ1) is 7.52. The number of ether oxygens (including phenoxy) is 2. The molecule has 0 radical (unpaired) electrons. The Kier molecular flexibility index (Phi) is 4.15. The molecule has 0 aliphatic rings. The topological polar surface area (TPSA) is 64.7 Å². The van der Waals surface area contributed by atoms with Crippen molar-refractivity contribution in [3.05, 3.63) is 23.8 Å². The maximum absolute atomic E-state index is 9.15. The van der Waals surface area contributed by atoms with Crippen molar-refractivity contribution in [2.24, 2.45) is 5.73 Å². The summed E-state index contributed by atoms with van der Waals surface area (Å²) < 4.78 is 10.4. The summed E-state index contributed by atoms with van der Waals surface area (Å²) in [5.41, 5.74) is 6.20. The largest absolute Gasteiger partial charge is 0.497 e. The molecule has 1 aromatic carbocycles. The molecule has 0 fully saturated rings. The van der Waals surface area contributed by atoms with E-state index in [0.717, 1.165) is 17.1 Å². The highest BCUT2D eigenvalue weighted by atomic mass is 16.5. The second kappa shape index (κ2) is 5.18. The molecule has 1 unspecified atom stereocenters. The molecule has 3 N–H and O–H groups in total. The number of rotatable bonds is 5. The molecule has 1 atom stereocenters. The van der Waals surface area contributed by atoms with Crippen molar-refractivity contribution < 1.29 is 14.6 Å². The van der Waals surface area contributed by atoms with Crippen LogP contribution in [0.5, 0.6) is 11.5 Å². The zero-order valence-electron chi connectivity index (χ0n) is 9.99. The number of methoxy groups -OCH3 is 2. The zero-order chi connectivity index (χ0) is 12.2. The molecule has 90 valence electrons. The molecule has 0 aromatic heterocycles. The van der Waals surface area contributed by atoms with Crippen LogP contribution >= 0.6 is 0 Å². The minimum Gasteiger partial charge on any atom is -0.497 e. The number of benzene rings is 1. The molecule has 4 nitrogen and oxygen atoms in total. The van der Waals surface area contributed by atoms with E-state index in [2.05, 4.69) is 0 Å². The van der Waals surface area contributed by atoms with E-state index in [4.69, 9.17) is 20.3 Å². The summed E-state index contributed by atoms with van der Waals surface area (Å²) in [5, 5.41) is 9.15. The second-order valence-corrected chi connectivity index (χ2v) is 4.17. The van der Waals surface area contributed by atoms with Gasteiger partial charge in [-0.2, -0.15) is 0 Å². The summed E-state index contributed by atoms with van der Waals surface area (Å²) in [6.07, 6.45) is 0.532. The van der Waals surface area contributed by atoms with Gasteiger partial charge in [0.2, 0.25) is 0 Å². The van der Waals surface area contributed by atoms with Gasteiger partial charge in [0.15, 0.2) is 0 Å². The van der Waals surface area contributed by atoms with Gasteiger partial charge in [0.1, 0.15) is 11.5 Å². The van der Waals surface area contributed by atoms with Crippen molar-refractivity contribution >= 4 is 0 Å². The molecule has 0 spiro atoms.